The lowest BCUT2D eigenvalue weighted by atomic mass is 9.96. The second-order valence-electron chi connectivity index (χ2n) is 5.38. The number of carbonyl (C=O) groups is 1. The van der Waals surface area contributed by atoms with Gasteiger partial charge in [-0.15, -0.1) is 0 Å². The van der Waals surface area contributed by atoms with Crippen LogP contribution in [0.15, 0.2) is 24.3 Å². The number of rotatable bonds is 3. The van der Waals surface area contributed by atoms with Crippen molar-refractivity contribution in [3.8, 4) is 0 Å². The zero-order valence-electron chi connectivity index (χ0n) is 13.0. The number of nitrogens with zero attached hydrogens (tertiary/aromatic N) is 2. The average Bonchev–Trinajstić information content (AvgIpc) is 2.48. The molecule has 3 N–H and O–H groups in total. The largest absolute Gasteiger partial charge is 0.480 e. The van der Waals surface area contributed by atoms with Gasteiger partial charge < -0.3 is 10.8 Å². The molecule has 0 spiro atoms. The highest BCUT2D eigenvalue weighted by molar-refractivity contribution is 5.79. The number of aryl methyl sites for hydroxylation is 1. The van der Waals surface area contributed by atoms with Gasteiger partial charge in [0.1, 0.15) is 23.1 Å². The van der Waals surface area contributed by atoms with Crippen LogP contribution in [0.2, 0.25) is 0 Å². The van der Waals surface area contributed by atoms with E-state index in [4.69, 9.17) is 5.73 Å². The highest BCUT2D eigenvalue weighted by Crippen LogP contribution is 2.35. The van der Waals surface area contributed by atoms with E-state index in [-0.39, 0.29) is 17.3 Å². The lowest BCUT2D eigenvalue weighted by molar-refractivity contribution is -0.149. The predicted molar refractivity (Wildman–Crippen MR) is 77.1 cm³/mol. The predicted octanol–water partition coefficient (Wildman–Crippen LogP) is 3.62. The number of hydrogen-bond donors (Lipinski definition) is 2. The summed E-state index contributed by atoms with van der Waals surface area (Å²) in [6.45, 7) is 1.51. The molecule has 0 amide bonds. The summed E-state index contributed by atoms with van der Waals surface area (Å²) in [5.41, 5.74) is 2.40. The van der Waals surface area contributed by atoms with Crippen LogP contribution in [0.3, 0.4) is 0 Å². The summed E-state index contributed by atoms with van der Waals surface area (Å²) in [6, 6.07) is 3.44. The van der Waals surface area contributed by atoms with E-state index in [1.165, 1.54) is 25.1 Å². The summed E-state index contributed by atoms with van der Waals surface area (Å²) < 4.78 is 77.4. The molecule has 0 fully saturated rings. The minimum atomic E-state index is -5.21. The van der Waals surface area contributed by atoms with Gasteiger partial charge in [-0.3, -0.25) is 4.79 Å². The molecule has 0 aliphatic heterocycles. The van der Waals surface area contributed by atoms with Gasteiger partial charge in [0.25, 0.3) is 0 Å². The number of alkyl halides is 6. The fourth-order valence-corrected chi connectivity index (χ4v) is 2.17. The topological polar surface area (TPSA) is 89.1 Å². The van der Waals surface area contributed by atoms with Crippen LogP contribution in [-0.4, -0.2) is 21.0 Å². The number of anilines is 1. The number of nitrogen functional groups attached to an aromatic ring is 1. The van der Waals surface area contributed by atoms with Gasteiger partial charge in [0.05, 0.1) is 0 Å². The summed E-state index contributed by atoms with van der Waals surface area (Å²) in [6.07, 6.45) is -10.4. The van der Waals surface area contributed by atoms with Crippen LogP contribution in [0.25, 0.3) is 0 Å². The van der Waals surface area contributed by atoms with E-state index >= 15 is 0 Å². The quantitative estimate of drug-likeness (QED) is 0.628. The van der Waals surface area contributed by atoms with Crippen LogP contribution in [0, 0.1) is 6.92 Å². The van der Waals surface area contributed by atoms with Crippen LogP contribution in [0.4, 0.5) is 32.0 Å². The van der Waals surface area contributed by atoms with Crippen LogP contribution in [-0.2, 0) is 17.1 Å². The number of nitrogens with two attached hydrogens (primary N) is 1. The van der Waals surface area contributed by atoms with E-state index in [1.54, 1.807) is 0 Å². The average molecular weight is 379 g/mol. The van der Waals surface area contributed by atoms with E-state index in [0.29, 0.717) is 5.56 Å². The number of aromatic nitrogens is 2. The van der Waals surface area contributed by atoms with Crippen LogP contribution in [0.5, 0.6) is 0 Å². The number of aliphatic carboxylic acids is 1. The summed E-state index contributed by atoms with van der Waals surface area (Å²) in [7, 11) is 0. The third kappa shape index (κ3) is 4.03. The molecule has 1 atom stereocenters. The Morgan fingerprint density at radius 1 is 1.04 bits per heavy atom. The van der Waals surface area contributed by atoms with Crippen molar-refractivity contribution in [3.05, 3.63) is 52.6 Å². The van der Waals surface area contributed by atoms with Crippen molar-refractivity contribution in [2.75, 3.05) is 5.73 Å². The maximum Gasteiger partial charge on any atom is 0.433 e. The van der Waals surface area contributed by atoms with E-state index in [0.717, 1.165) is 0 Å². The zero-order chi connectivity index (χ0) is 19.9. The van der Waals surface area contributed by atoms with Gasteiger partial charge >= 0.3 is 18.3 Å². The van der Waals surface area contributed by atoms with Crippen LogP contribution < -0.4 is 5.73 Å². The Kier molecular flexibility index (Phi) is 4.84. The fraction of sp³-hybridized carbons (Fsp3) is 0.267. The van der Waals surface area contributed by atoms with Gasteiger partial charge in [-0.25, -0.2) is 9.97 Å². The molecule has 0 saturated carbocycles. The molecular weight excluding hydrogens is 368 g/mol. The van der Waals surface area contributed by atoms with Crippen LogP contribution in [0.1, 0.15) is 34.3 Å². The Balaban J connectivity index is 2.72. The summed E-state index contributed by atoms with van der Waals surface area (Å²) in [5, 5.41) is 9.35. The molecule has 1 aromatic carbocycles. The molecule has 0 saturated heterocycles. The monoisotopic (exact) mass is 379 g/mol. The molecule has 0 aliphatic rings. The van der Waals surface area contributed by atoms with Crippen LogP contribution >= 0.6 is 0 Å². The Hall–Kier alpha value is -2.85. The first-order valence-electron chi connectivity index (χ1n) is 6.93. The Labute approximate surface area is 142 Å². The highest BCUT2D eigenvalue weighted by atomic mass is 19.4. The molecule has 2 aromatic rings. The Bertz CT molecular complexity index is 816. The maximum atomic E-state index is 12.9. The Morgan fingerprint density at radius 2 is 1.54 bits per heavy atom. The molecule has 0 radical (unpaired) electrons. The molecule has 11 heteroatoms. The van der Waals surface area contributed by atoms with Gasteiger partial charge in [0.2, 0.25) is 0 Å². The zero-order valence-corrected chi connectivity index (χ0v) is 13.0. The molecule has 5 nitrogen and oxygen atoms in total. The normalized spacial score (nSPS) is 13.5. The number of halogens is 6. The van der Waals surface area contributed by atoms with E-state index in [9.17, 15) is 36.2 Å². The van der Waals surface area contributed by atoms with Crippen molar-refractivity contribution in [1.82, 2.24) is 9.97 Å². The lowest BCUT2D eigenvalue weighted by Crippen LogP contribution is -2.22. The van der Waals surface area contributed by atoms with Crippen molar-refractivity contribution in [2.24, 2.45) is 0 Å². The number of hydrogen-bond acceptors (Lipinski definition) is 4. The van der Waals surface area contributed by atoms with E-state index in [1.807, 2.05) is 0 Å². The summed E-state index contributed by atoms with van der Waals surface area (Å²) in [5.74, 6) is -4.76. The second-order valence-corrected chi connectivity index (χ2v) is 5.38. The number of carboxylic acids is 1. The fourth-order valence-electron chi connectivity index (χ4n) is 2.17. The maximum absolute atomic E-state index is 12.9. The highest BCUT2D eigenvalue weighted by Gasteiger charge is 2.41. The van der Waals surface area contributed by atoms with Gasteiger partial charge in [0.15, 0.2) is 0 Å². The first-order chi connectivity index (χ1) is 11.8. The van der Waals surface area contributed by atoms with Crippen molar-refractivity contribution >= 4 is 11.7 Å². The van der Waals surface area contributed by atoms with Crippen molar-refractivity contribution < 1.29 is 36.2 Å². The summed E-state index contributed by atoms with van der Waals surface area (Å²) >= 11 is 0. The van der Waals surface area contributed by atoms with Gasteiger partial charge in [0, 0.05) is 5.69 Å². The molecule has 0 aliphatic carbocycles. The molecular formula is C15H11F6N3O2. The first-order valence-corrected chi connectivity index (χ1v) is 6.93. The molecule has 26 heavy (non-hydrogen) atoms. The minimum Gasteiger partial charge on any atom is -0.480 e. The molecule has 1 aromatic heterocycles. The standard InChI is InChI=1S/C15H11F6N3O2/c1-6-4-7(2-3-8(6)22)11(13(25)26)12-23-9(14(16,17)18)5-10(24-12)15(19,20)21/h2-5,11H,22H2,1H3,(H,25,26). The van der Waals surface area contributed by atoms with Crippen molar-refractivity contribution in [2.45, 2.75) is 25.2 Å². The van der Waals surface area contributed by atoms with Crippen molar-refractivity contribution in [3.63, 3.8) is 0 Å². The number of benzene rings is 1. The lowest BCUT2D eigenvalue weighted by Gasteiger charge is -2.17. The summed E-state index contributed by atoms with van der Waals surface area (Å²) in [4.78, 5) is 17.6. The second kappa shape index (κ2) is 6.46. The Morgan fingerprint density at radius 3 is 1.92 bits per heavy atom. The molecule has 0 bridgehead atoms. The first kappa shape index (κ1) is 19.5. The smallest absolute Gasteiger partial charge is 0.433 e. The van der Waals surface area contributed by atoms with E-state index < -0.39 is 41.5 Å². The minimum absolute atomic E-state index is 0.100. The third-order valence-corrected chi connectivity index (χ3v) is 3.46. The van der Waals surface area contributed by atoms with Gasteiger partial charge in [-0.05, 0) is 30.2 Å². The molecule has 140 valence electrons. The van der Waals surface area contributed by atoms with Gasteiger partial charge in [-0.1, -0.05) is 12.1 Å². The molecule has 1 unspecified atom stereocenters. The number of carboxylic acid groups (broad SMARTS) is 1. The van der Waals surface area contributed by atoms with E-state index in [2.05, 4.69) is 9.97 Å². The SMILES string of the molecule is Cc1cc(C(C(=O)O)c2nc(C(F)(F)F)cc(C(F)(F)F)n2)ccc1N. The van der Waals surface area contributed by atoms with Gasteiger partial charge in [-0.2, -0.15) is 26.3 Å². The third-order valence-electron chi connectivity index (χ3n) is 3.46. The molecule has 1 heterocycles. The molecule has 2 rings (SSSR count). The van der Waals surface area contributed by atoms with Crippen molar-refractivity contribution in [1.29, 1.82) is 0 Å².